The van der Waals surface area contributed by atoms with E-state index in [0.717, 1.165) is 50.1 Å². The summed E-state index contributed by atoms with van der Waals surface area (Å²) in [6.45, 7) is 2.60. The number of likely N-dealkylation sites (tertiary alicyclic amines) is 1. The number of nitrogens with one attached hydrogen (secondary N) is 1. The normalized spacial score (nSPS) is 17.9. The van der Waals surface area contributed by atoms with Gasteiger partial charge in [-0.05, 0) is 49.4 Å². The molecule has 0 spiro atoms. The largest absolute Gasteiger partial charge is 0.454 e. The first kappa shape index (κ1) is 20.0. The number of hydrogen-bond donors (Lipinski definition) is 1. The van der Waals surface area contributed by atoms with Crippen molar-refractivity contribution in [1.29, 1.82) is 0 Å². The molecular formula is C23H27ClN2O3. The van der Waals surface area contributed by atoms with E-state index in [1.165, 1.54) is 5.56 Å². The highest BCUT2D eigenvalue weighted by atomic mass is 35.5. The number of benzene rings is 2. The number of ether oxygens (including phenoxy) is 2. The summed E-state index contributed by atoms with van der Waals surface area (Å²) in [5.41, 5.74) is 2.33. The van der Waals surface area contributed by atoms with Gasteiger partial charge >= 0.3 is 0 Å². The van der Waals surface area contributed by atoms with E-state index in [-0.39, 0.29) is 6.79 Å². The molecule has 2 aromatic rings. The summed E-state index contributed by atoms with van der Waals surface area (Å²) in [6, 6.07) is 14.5. The van der Waals surface area contributed by atoms with Crippen LogP contribution in [0.15, 0.2) is 42.5 Å². The van der Waals surface area contributed by atoms with Crippen LogP contribution >= 0.6 is 11.6 Å². The molecule has 1 atom stereocenters. The molecule has 1 saturated heterocycles. The highest BCUT2D eigenvalue weighted by molar-refractivity contribution is 6.31. The van der Waals surface area contributed by atoms with Crippen molar-refractivity contribution in [3.05, 3.63) is 58.6 Å². The number of fused-ring (bicyclic) bond motifs is 1. The third-order valence-corrected chi connectivity index (χ3v) is 6.02. The first-order chi connectivity index (χ1) is 14.2. The van der Waals surface area contributed by atoms with Crippen LogP contribution in [0.3, 0.4) is 0 Å². The Morgan fingerprint density at radius 2 is 1.93 bits per heavy atom. The molecule has 1 N–H and O–H groups in total. The van der Waals surface area contributed by atoms with Gasteiger partial charge in [0.2, 0.25) is 12.7 Å². The quantitative estimate of drug-likeness (QED) is 0.625. The average Bonchev–Trinajstić information content (AvgIpc) is 3.32. The fraction of sp³-hybridized carbons (Fsp3) is 0.435. The summed E-state index contributed by atoms with van der Waals surface area (Å²) in [5, 5.41) is 4.14. The van der Waals surface area contributed by atoms with Gasteiger partial charge < -0.3 is 19.7 Å². The average molecular weight is 415 g/mol. The second-order valence-corrected chi connectivity index (χ2v) is 8.04. The van der Waals surface area contributed by atoms with Crippen molar-refractivity contribution in [2.75, 3.05) is 19.9 Å². The Kier molecular flexibility index (Phi) is 6.57. The molecule has 4 rings (SSSR count). The molecule has 154 valence electrons. The Labute approximate surface area is 176 Å². The van der Waals surface area contributed by atoms with E-state index in [0.29, 0.717) is 35.7 Å². The lowest BCUT2D eigenvalue weighted by Crippen LogP contribution is -2.36. The van der Waals surface area contributed by atoms with Crippen LogP contribution in [0.2, 0.25) is 5.02 Å². The van der Waals surface area contributed by atoms with Crippen molar-refractivity contribution in [3.8, 4) is 11.5 Å². The van der Waals surface area contributed by atoms with Crippen LogP contribution in [-0.4, -0.2) is 36.7 Å². The molecule has 6 heteroatoms. The van der Waals surface area contributed by atoms with Gasteiger partial charge in [0.05, 0.1) is 0 Å². The van der Waals surface area contributed by atoms with Crippen LogP contribution < -0.4 is 14.8 Å². The summed E-state index contributed by atoms with van der Waals surface area (Å²) in [5.74, 6) is 1.74. The van der Waals surface area contributed by atoms with Gasteiger partial charge in [-0.25, -0.2) is 0 Å². The zero-order valence-electron chi connectivity index (χ0n) is 16.5. The van der Waals surface area contributed by atoms with E-state index in [2.05, 4.69) is 34.5 Å². The molecule has 0 aromatic heterocycles. The van der Waals surface area contributed by atoms with E-state index < -0.39 is 0 Å². The van der Waals surface area contributed by atoms with Crippen LogP contribution in [-0.2, 0) is 17.8 Å². The van der Waals surface area contributed by atoms with Crippen molar-refractivity contribution in [3.63, 3.8) is 0 Å². The van der Waals surface area contributed by atoms with Crippen molar-refractivity contribution in [1.82, 2.24) is 10.2 Å². The van der Waals surface area contributed by atoms with E-state index in [1.54, 1.807) is 0 Å². The predicted molar refractivity (Wildman–Crippen MR) is 113 cm³/mol. The molecule has 2 aliphatic rings. The summed E-state index contributed by atoms with van der Waals surface area (Å²) in [6.07, 6.45) is 4.60. The molecule has 0 bridgehead atoms. The number of aryl methyl sites for hydroxylation is 1. The van der Waals surface area contributed by atoms with Crippen molar-refractivity contribution < 1.29 is 14.3 Å². The van der Waals surface area contributed by atoms with Gasteiger partial charge in [0.15, 0.2) is 11.5 Å². The van der Waals surface area contributed by atoms with Crippen LogP contribution in [0, 0.1) is 0 Å². The van der Waals surface area contributed by atoms with Gasteiger partial charge in [-0.1, -0.05) is 41.9 Å². The third-order valence-electron chi connectivity index (χ3n) is 5.67. The van der Waals surface area contributed by atoms with Gasteiger partial charge in [0, 0.05) is 36.6 Å². The lowest BCUT2D eigenvalue weighted by Gasteiger charge is -2.25. The fourth-order valence-corrected chi connectivity index (χ4v) is 4.31. The smallest absolute Gasteiger partial charge is 0.231 e. The Balaban J connectivity index is 1.22. The van der Waals surface area contributed by atoms with E-state index in [1.807, 2.05) is 18.2 Å². The maximum Gasteiger partial charge on any atom is 0.231 e. The molecule has 1 fully saturated rings. The monoisotopic (exact) mass is 414 g/mol. The van der Waals surface area contributed by atoms with Crippen LogP contribution in [0.4, 0.5) is 0 Å². The summed E-state index contributed by atoms with van der Waals surface area (Å²) in [7, 11) is 0. The van der Waals surface area contributed by atoms with Crippen LogP contribution in [0.5, 0.6) is 11.5 Å². The number of hydrogen-bond acceptors (Lipinski definition) is 4. The number of carbonyl (C=O) groups excluding carboxylic acids is 1. The Bertz CT molecular complexity index is 844. The van der Waals surface area contributed by atoms with Crippen molar-refractivity contribution >= 4 is 17.5 Å². The minimum Gasteiger partial charge on any atom is -0.454 e. The van der Waals surface area contributed by atoms with Crippen LogP contribution in [0.25, 0.3) is 0 Å². The zero-order valence-corrected chi connectivity index (χ0v) is 17.3. The fourth-order valence-electron chi connectivity index (χ4n) is 4.09. The Morgan fingerprint density at radius 3 is 2.76 bits per heavy atom. The second kappa shape index (κ2) is 9.51. The van der Waals surface area contributed by atoms with E-state index in [4.69, 9.17) is 21.1 Å². The van der Waals surface area contributed by atoms with Gasteiger partial charge in [-0.3, -0.25) is 4.79 Å². The van der Waals surface area contributed by atoms with Gasteiger partial charge in [-0.15, -0.1) is 0 Å². The lowest BCUT2D eigenvalue weighted by molar-refractivity contribution is -0.129. The lowest BCUT2D eigenvalue weighted by atomic mass is 10.1. The molecule has 2 aromatic carbocycles. The zero-order chi connectivity index (χ0) is 20.1. The number of nitrogens with zero attached hydrogens (tertiary/aromatic N) is 1. The minimum atomic E-state index is 0.248. The standard InChI is InChI=1S/C23H27ClN2O3/c24-20-14-22-21(28-16-29-22)13-18(20)15-25-11-10-19-8-9-23(27)26(19)12-4-7-17-5-2-1-3-6-17/h1-3,5-6,13-14,19,25H,4,7-12,15-16H2/t19-/m0/s1. The number of rotatable bonds is 9. The molecule has 2 aliphatic heterocycles. The SMILES string of the molecule is O=C1CC[C@@H](CCNCc2cc3c(cc2Cl)OCO3)N1CCCc1ccccc1. The molecule has 0 unspecified atom stereocenters. The predicted octanol–water partition coefficient (Wildman–Crippen LogP) is 4.17. The maximum absolute atomic E-state index is 12.3. The molecular weight excluding hydrogens is 388 g/mol. The number of halogens is 1. The number of amides is 1. The third kappa shape index (κ3) is 5.03. The minimum absolute atomic E-state index is 0.248. The van der Waals surface area contributed by atoms with Gasteiger partial charge in [0.25, 0.3) is 0 Å². The number of carbonyl (C=O) groups is 1. The van der Waals surface area contributed by atoms with Gasteiger partial charge in [0.1, 0.15) is 0 Å². The molecule has 1 amide bonds. The summed E-state index contributed by atoms with van der Waals surface area (Å²) in [4.78, 5) is 14.4. The Hall–Kier alpha value is -2.24. The van der Waals surface area contributed by atoms with Crippen molar-refractivity contribution in [2.45, 2.75) is 44.7 Å². The first-order valence-electron chi connectivity index (χ1n) is 10.3. The topological polar surface area (TPSA) is 50.8 Å². The van der Waals surface area contributed by atoms with Crippen LogP contribution in [0.1, 0.15) is 36.8 Å². The Morgan fingerprint density at radius 1 is 1.14 bits per heavy atom. The van der Waals surface area contributed by atoms with E-state index >= 15 is 0 Å². The molecule has 0 radical (unpaired) electrons. The maximum atomic E-state index is 12.3. The highest BCUT2D eigenvalue weighted by Crippen LogP contribution is 2.36. The van der Waals surface area contributed by atoms with Crippen molar-refractivity contribution in [2.24, 2.45) is 0 Å². The molecule has 2 heterocycles. The summed E-state index contributed by atoms with van der Waals surface area (Å²) < 4.78 is 10.8. The summed E-state index contributed by atoms with van der Waals surface area (Å²) >= 11 is 6.34. The first-order valence-corrected chi connectivity index (χ1v) is 10.7. The molecule has 5 nitrogen and oxygen atoms in total. The van der Waals surface area contributed by atoms with E-state index in [9.17, 15) is 4.79 Å². The van der Waals surface area contributed by atoms with Gasteiger partial charge in [-0.2, -0.15) is 0 Å². The molecule has 0 saturated carbocycles. The molecule has 0 aliphatic carbocycles. The molecule has 29 heavy (non-hydrogen) atoms. The highest BCUT2D eigenvalue weighted by Gasteiger charge is 2.29. The second-order valence-electron chi connectivity index (χ2n) is 7.63.